The van der Waals surface area contributed by atoms with Gasteiger partial charge in [-0.3, -0.25) is 9.78 Å². The van der Waals surface area contributed by atoms with Gasteiger partial charge in [-0.25, -0.2) is 0 Å². The van der Waals surface area contributed by atoms with Gasteiger partial charge in [0.05, 0.1) is 23.5 Å². The highest BCUT2D eigenvalue weighted by atomic mass is 19.4. The number of ether oxygens (including phenoxy) is 1. The molecule has 0 spiro atoms. The van der Waals surface area contributed by atoms with E-state index < -0.39 is 36.5 Å². The monoisotopic (exact) mass is 392 g/mol. The lowest BCUT2D eigenvalue weighted by Gasteiger charge is -2.15. The van der Waals surface area contributed by atoms with E-state index in [9.17, 15) is 31.1 Å². The highest BCUT2D eigenvalue weighted by Gasteiger charge is 2.30. The van der Waals surface area contributed by atoms with Crippen LogP contribution in [0.2, 0.25) is 0 Å². The number of nitrogens with zero attached hydrogens (tertiary/aromatic N) is 1. The number of benzene rings is 1. The molecule has 0 bridgehead atoms. The van der Waals surface area contributed by atoms with Crippen molar-refractivity contribution >= 4 is 5.91 Å². The van der Waals surface area contributed by atoms with Crippen molar-refractivity contribution in [3.8, 4) is 5.75 Å². The number of carbonyl (C=O) groups excluding carboxylic acids is 1. The zero-order valence-corrected chi connectivity index (χ0v) is 13.9. The SMILES string of the molecule is C[C@@H](NC(=O)c1ccc(C(F)(F)F)cc1)c1ccc(OCC(F)(F)F)cn1. The van der Waals surface area contributed by atoms with Crippen molar-refractivity contribution < 1.29 is 35.9 Å². The van der Waals surface area contributed by atoms with Gasteiger partial charge in [-0.05, 0) is 43.3 Å². The van der Waals surface area contributed by atoms with E-state index in [2.05, 4.69) is 15.0 Å². The Kier molecular flexibility index (Phi) is 5.97. The summed E-state index contributed by atoms with van der Waals surface area (Å²) < 4.78 is 78.4. The molecule has 1 atom stereocenters. The van der Waals surface area contributed by atoms with Crippen molar-refractivity contribution in [1.82, 2.24) is 10.3 Å². The second-order valence-corrected chi connectivity index (χ2v) is 5.59. The molecule has 1 N–H and O–H groups in total. The fourth-order valence-corrected chi connectivity index (χ4v) is 2.06. The number of hydrogen-bond donors (Lipinski definition) is 1. The smallest absolute Gasteiger partial charge is 0.422 e. The number of amides is 1. The molecule has 0 aliphatic carbocycles. The summed E-state index contributed by atoms with van der Waals surface area (Å²) in [5, 5.41) is 2.54. The molecule has 10 heteroatoms. The van der Waals surface area contributed by atoms with Crippen LogP contribution in [0.15, 0.2) is 42.6 Å². The van der Waals surface area contributed by atoms with Crippen LogP contribution in [0.25, 0.3) is 0 Å². The molecule has 0 saturated heterocycles. The van der Waals surface area contributed by atoms with Crippen LogP contribution in [-0.4, -0.2) is 23.7 Å². The molecular formula is C17H14F6N2O2. The average molecular weight is 392 g/mol. The number of halogens is 6. The largest absolute Gasteiger partial charge is 0.483 e. The lowest BCUT2D eigenvalue weighted by molar-refractivity contribution is -0.153. The van der Waals surface area contributed by atoms with Crippen molar-refractivity contribution in [3.63, 3.8) is 0 Å². The number of nitrogens with one attached hydrogen (secondary N) is 1. The van der Waals surface area contributed by atoms with E-state index in [1.807, 2.05) is 0 Å². The van der Waals surface area contributed by atoms with Crippen LogP contribution in [0, 0.1) is 0 Å². The summed E-state index contributed by atoms with van der Waals surface area (Å²) in [5.74, 6) is -0.701. The maximum absolute atomic E-state index is 12.5. The van der Waals surface area contributed by atoms with Crippen molar-refractivity contribution in [2.75, 3.05) is 6.61 Å². The Morgan fingerprint density at radius 2 is 1.70 bits per heavy atom. The molecule has 1 aromatic heterocycles. The third kappa shape index (κ3) is 6.15. The van der Waals surface area contributed by atoms with Crippen LogP contribution < -0.4 is 10.1 Å². The summed E-state index contributed by atoms with van der Waals surface area (Å²) >= 11 is 0. The summed E-state index contributed by atoms with van der Waals surface area (Å²) in [4.78, 5) is 16.0. The van der Waals surface area contributed by atoms with Crippen LogP contribution in [0.3, 0.4) is 0 Å². The Labute approximate surface area is 150 Å². The molecule has 27 heavy (non-hydrogen) atoms. The molecule has 0 fully saturated rings. The Bertz CT molecular complexity index is 770. The quantitative estimate of drug-likeness (QED) is 0.761. The maximum Gasteiger partial charge on any atom is 0.422 e. The molecule has 0 aliphatic rings. The molecular weight excluding hydrogens is 378 g/mol. The predicted molar refractivity (Wildman–Crippen MR) is 83.1 cm³/mol. The van der Waals surface area contributed by atoms with Gasteiger partial charge in [-0.15, -0.1) is 0 Å². The van der Waals surface area contributed by atoms with Gasteiger partial charge >= 0.3 is 12.4 Å². The van der Waals surface area contributed by atoms with Gasteiger partial charge in [0.25, 0.3) is 5.91 Å². The van der Waals surface area contributed by atoms with Crippen molar-refractivity contribution in [1.29, 1.82) is 0 Å². The Morgan fingerprint density at radius 1 is 1.07 bits per heavy atom. The first-order valence-electron chi connectivity index (χ1n) is 7.59. The first-order valence-corrected chi connectivity index (χ1v) is 7.59. The minimum absolute atomic E-state index is 0.0278. The standard InChI is InChI=1S/C17H14F6N2O2/c1-10(14-7-6-13(8-24-14)27-9-16(18,19)20)25-15(26)11-2-4-12(5-3-11)17(21,22)23/h2-8,10H,9H2,1H3,(H,25,26)/t10-/m1/s1. The first-order chi connectivity index (χ1) is 12.5. The second kappa shape index (κ2) is 7.85. The van der Waals surface area contributed by atoms with Crippen LogP contribution in [0.1, 0.15) is 34.6 Å². The third-order valence-electron chi connectivity index (χ3n) is 3.43. The van der Waals surface area contributed by atoms with Crippen molar-refractivity contribution in [2.24, 2.45) is 0 Å². The zero-order valence-electron chi connectivity index (χ0n) is 13.9. The van der Waals surface area contributed by atoms with E-state index in [4.69, 9.17) is 0 Å². The molecule has 0 saturated carbocycles. The minimum Gasteiger partial charge on any atom is -0.483 e. The summed E-state index contributed by atoms with van der Waals surface area (Å²) in [5.41, 5.74) is -0.502. The molecule has 1 heterocycles. The number of rotatable bonds is 5. The van der Waals surface area contributed by atoms with Crippen LogP contribution >= 0.6 is 0 Å². The number of alkyl halides is 6. The Hall–Kier alpha value is -2.78. The molecule has 0 aliphatic heterocycles. The number of aromatic nitrogens is 1. The molecule has 146 valence electrons. The van der Waals surface area contributed by atoms with Gasteiger partial charge in [-0.1, -0.05) is 0 Å². The van der Waals surface area contributed by atoms with E-state index in [0.29, 0.717) is 5.69 Å². The predicted octanol–water partition coefficient (Wildman–Crippen LogP) is 4.53. The number of carbonyl (C=O) groups is 1. The van der Waals surface area contributed by atoms with Gasteiger partial charge in [-0.2, -0.15) is 26.3 Å². The summed E-state index contributed by atoms with van der Waals surface area (Å²) in [6.45, 7) is 0.120. The molecule has 0 unspecified atom stereocenters. The topological polar surface area (TPSA) is 51.2 Å². The molecule has 2 rings (SSSR count). The van der Waals surface area contributed by atoms with Gasteiger partial charge in [0, 0.05) is 5.56 Å². The van der Waals surface area contributed by atoms with Gasteiger partial charge in [0.1, 0.15) is 5.75 Å². The molecule has 1 amide bonds. The average Bonchev–Trinajstić information content (AvgIpc) is 2.59. The minimum atomic E-state index is -4.50. The second-order valence-electron chi connectivity index (χ2n) is 5.59. The molecule has 0 radical (unpaired) electrons. The summed E-state index contributed by atoms with van der Waals surface area (Å²) in [6.07, 6.45) is -7.88. The molecule has 2 aromatic rings. The lowest BCUT2D eigenvalue weighted by Crippen LogP contribution is -2.27. The molecule has 1 aromatic carbocycles. The highest BCUT2D eigenvalue weighted by Crippen LogP contribution is 2.29. The fourth-order valence-electron chi connectivity index (χ4n) is 2.06. The van der Waals surface area contributed by atoms with Gasteiger partial charge in [0.15, 0.2) is 6.61 Å². The van der Waals surface area contributed by atoms with Crippen molar-refractivity contribution in [2.45, 2.75) is 25.3 Å². The van der Waals surface area contributed by atoms with E-state index in [1.54, 1.807) is 6.92 Å². The summed E-state index contributed by atoms with van der Waals surface area (Å²) in [6, 6.07) is 5.71. The zero-order chi connectivity index (χ0) is 20.2. The van der Waals surface area contributed by atoms with E-state index in [0.717, 1.165) is 30.5 Å². The number of hydrogen-bond acceptors (Lipinski definition) is 3. The molecule has 4 nitrogen and oxygen atoms in total. The van der Waals surface area contributed by atoms with Crippen molar-refractivity contribution in [3.05, 3.63) is 59.4 Å². The maximum atomic E-state index is 12.5. The van der Waals surface area contributed by atoms with Crippen LogP contribution in [-0.2, 0) is 6.18 Å². The number of pyridine rings is 1. The van der Waals surface area contributed by atoms with Crippen LogP contribution in [0.5, 0.6) is 5.75 Å². The third-order valence-corrected chi connectivity index (χ3v) is 3.43. The van der Waals surface area contributed by atoms with Gasteiger partial charge in [0.2, 0.25) is 0 Å². The fraction of sp³-hybridized carbons (Fsp3) is 0.294. The lowest BCUT2D eigenvalue weighted by atomic mass is 10.1. The first kappa shape index (κ1) is 20.5. The highest BCUT2D eigenvalue weighted by molar-refractivity contribution is 5.94. The van der Waals surface area contributed by atoms with Gasteiger partial charge < -0.3 is 10.1 Å². The summed E-state index contributed by atoms with van der Waals surface area (Å²) in [7, 11) is 0. The van der Waals surface area contributed by atoms with E-state index in [1.165, 1.54) is 12.1 Å². The normalized spacial score (nSPS) is 13.1. The van der Waals surface area contributed by atoms with Crippen LogP contribution in [0.4, 0.5) is 26.3 Å². The Morgan fingerprint density at radius 3 is 2.19 bits per heavy atom. The van der Waals surface area contributed by atoms with E-state index >= 15 is 0 Å². The Balaban J connectivity index is 1.97. The van der Waals surface area contributed by atoms with E-state index in [-0.39, 0.29) is 11.3 Å².